The number of rotatable bonds is 6. The van der Waals surface area contributed by atoms with E-state index in [0.717, 1.165) is 18.5 Å². The molecular formula is C17H20N6O2. The molecule has 25 heavy (non-hydrogen) atoms. The molecule has 0 aliphatic heterocycles. The van der Waals surface area contributed by atoms with Gasteiger partial charge in [-0.05, 0) is 30.7 Å². The molecule has 1 aromatic carbocycles. The number of nitrogens with one attached hydrogen (secondary N) is 2. The topological polar surface area (TPSA) is 97.9 Å². The number of carbonyl (C=O) groups is 1. The molecule has 0 saturated carbocycles. The van der Waals surface area contributed by atoms with Crippen molar-refractivity contribution in [3.05, 3.63) is 42.5 Å². The van der Waals surface area contributed by atoms with Crippen LogP contribution in [0.5, 0.6) is 0 Å². The van der Waals surface area contributed by atoms with Crippen molar-refractivity contribution in [3.8, 4) is 11.5 Å². The van der Waals surface area contributed by atoms with Gasteiger partial charge in [0.1, 0.15) is 0 Å². The fraction of sp³-hybridized carbons (Fsp3) is 0.294. The van der Waals surface area contributed by atoms with E-state index in [0.29, 0.717) is 29.6 Å². The highest BCUT2D eigenvalue weighted by atomic mass is 16.4. The SMILES string of the molecule is CCCn1cc(NC(=O)Nc2ccc(-c3nnc(CC)o3)cc2)cn1. The van der Waals surface area contributed by atoms with Gasteiger partial charge in [-0.1, -0.05) is 13.8 Å². The van der Waals surface area contributed by atoms with Gasteiger partial charge in [0.15, 0.2) is 0 Å². The van der Waals surface area contributed by atoms with E-state index >= 15 is 0 Å². The van der Waals surface area contributed by atoms with Gasteiger partial charge in [0.25, 0.3) is 0 Å². The zero-order valence-corrected chi connectivity index (χ0v) is 14.2. The Labute approximate surface area is 145 Å². The van der Waals surface area contributed by atoms with Crippen LogP contribution >= 0.6 is 0 Å². The third-order valence-electron chi connectivity index (χ3n) is 3.50. The summed E-state index contributed by atoms with van der Waals surface area (Å²) in [5, 5.41) is 17.6. The molecule has 0 atom stereocenters. The molecule has 3 rings (SSSR count). The summed E-state index contributed by atoms with van der Waals surface area (Å²) in [4.78, 5) is 12.0. The number of hydrogen-bond donors (Lipinski definition) is 2. The summed E-state index contributed by atoms with van der Waals surface area (Å²) in [5.74, 6) is 1.07. The molecule has 0 fully saturated rings. The first-order valence-corrected chi connectivity index (χ1v) is 8.21. The summed E-state index contributed by atoms with van der Waals surface area (Å²) >= 11 is 0. The van der Waals surface area contributed by atoms with Gasteiger partial charge in [-0.2, -0.15) is 5.10 Å². The quantitative estimate of drug-likeness (QED) is 0.715. The van der Waals surface area contributed by atoms with E-state index in [1.165, 1.54) is 0 Å². The fourth-order valence-electron chi connectivity index (χ4n) is 2.28. The number of anilines is 2. The highest BCUT2D eigenvalue weighted by Gasteiger charge is 2.08. The molecule has 0 bridgehead atoms. The molecule has 0 spiro atoms. The lowest BCUT2D eigenvalue weighted by Gasteiger charge is -2.06. The lowest BCUT2D eigenvalue weighted by molar-refractivity contribution is 0.262. The second kappa shape index (κ2) is 7.61. The summed E-state index contributed by atoms with van der Waals surface area (Å²) < 4.78 is 7.30. The molecule has 2 aromatic heterocycles. The molecule has 2 N–H and O–H groups in total. The lowest BCUT2D eigenvalue weighted by Crippen LogP contribution is -2.19. The van der Waals surface area contributed by atoms with E-state index in [1.807, 2.05) is 19.1 Å². The van der Waals surface area contributed by atoms with Crippen molar-refractivity contribution in [2.45, 2.75) is 33.2 Å². The predicted molar refractivity (Wildman–Crippen MR) is 94.3 cm³/mol. The Balaban J connectivity index is 1.59. The van der Waals surface area contributed by atoms with Crippen LogP contribution in [0.1, 0.15) is 26.2 Å². The number of benzene rings is 1. The zero-order chi connectivity index (χ0) is 17.6. The van der Waals surface area contributed by atoms with Crippen LogP contribution in [-0.2, 0) is 13.0 Å². The van der Waals surface area contributed by atoms with Gasteiger partial charge >= 0.3 is 6.03 Å². The Kier molecular flexibility index (Phi) is 5.08. The maximum atomic E-state index is 12.0. The number of aryl methyl sites for hydroxylation is 2. The average molecular weight is 340 g/mol. The molecule has 8 heteroatoms. The number of nitrogens with zero attached hydrogens (tertiary/aromatic N) is 4. The molecular weight excluding hydrogens is 320 g/mol. The number of amides is 2. The monoisotopic (exact) mass is 340 g/mol. The van der Waals surface area contributed by atoms with Crippen molar-refractivity contribution in [1.82, 2.24) is 20.0 Å². The minimum absolute atomic E-state index is 0.324. The second-order valence-corrected chi connectivity index (χ2v) is 5.50. The molecule has 8 nitrogen and oxygen atoms in total. The van der Waals surface area contributed by atoms with Crippen LogP contribution in [0.4, 0.5) is 16.2 Å². The molecule has 2 amide bonds. The standard InChI is InChI=1S/C17H20N6O2/c1-3-9-23-11-14(10-18-23)20-17(24)19-13-7-5-12(6-8-13)16-22-21-15(4-2)25-16/h5-8,10-11H,3-4,9H2,1-2H3,(H2,19,20,24). The van der Waals surface area contributed by atoms with Gasteiger partial charge < -0.3 is 15.1 Å². The van der Waals surface area contributed by atoms with Crippen LogP contribution in [0.2, 0.25) is 0 Å². The Morgan fingerprint density at radius 2 is 1.88 bits per heavy atom. The van der Waals surface area contributed by atoms with Crippen LogP contribution < -0.4 is 10.6 Å². The number of urea groups is 1. The number of hydrogen-bond acceptors (Lipinski definition) is 5. The molecule has 0 radical (unpaired) electrons. The van der Waals surface area contributed by atoms with Crippen LogP contribution in [-0.4, -0.2) is 26.0 Å². The molecule has 3 aromatic rings. The van der Waals surface area contributed by atoms with E-state index in [9.17, 15) is 4.79 Å². The van der Waals surface area contributed by atoms with E-state index in [-0.39, 0.29) is 6.03 Å². The van der Waals surface area contributed by atoms with E-state index < -0.39 is 0 Å². The first kappa shape index (κ1) is 16.7. The first-order chi connectivity index (χ1) is 12.2. The van der Waals surface area contributed by atoms with E-state index in [1.54, 1.807) is 29.2 Å². The molecule has 0 aliphatic rings. The molecule has 0 unspecified atom stereocenters. The smallest absolute Gasteiger partial charge is 0.323 e. The maximum Gasteiger partial charge on any atom is 0.323 e. The first-order valence-electron chi connectivity index (χ1n) is 8.21. The normalized spacial score (nSPS) is 10.6. The second-order valence-electron chi connectivity index (χ2n) is 5.50. The summed E-state index contributed by atoms with van der Waals surface area (Å²) in [6, 6.07) is 6.88. The van der Waals surface area contributed by atoms with Crippen molar-refractivity contribution in [2.75, 3.05) is 10.6 Å². The van der Waals surface area contributed by atoms with Gasteiger partial charge in [-0.3, -0.25) is 4.68 Å². The number of aromatic nitrogens is 4. The van der Waals surface area contributed by atoms with Gasteiger partial charge in [0.2, 0.25) is 11.8 Å². The van der Waals surface area contributed by atoms with E-state index in [2.05, 4.69) is 32.9 Å². The summed E-state index contributed by atoms with van der Waals surface area (Å²) in [5.41, 5.74) is 2.12. The summed E-state index contributed by atoms with van der Waals surface area (Å²) in [7, 11) is 0. The summed E-state index contributed by atoms with van der Waals surface area (Å²) in [6.07, 6.45) is 5.10. The van der Waals surface area contributed by atoms with Gasteiger partial charge in [0, 0.05) is 30.4 Å². The molecule has 0 saturated heterocycles. The Bertz CT molecular complexity index is 837. The number of carbonyl (C=O) groups excluding carboxylic acids is 1. The minimum atomic E-state index is -0.324. The molecule has 2 heterocycles. The third-order valence-corrected chi connectivity index (χ3v) is 3.50. The van der Waals surface area contributed by atoms with Gasteiger partial charge in [0.05, 0.1) is 11.9 Å². The van der Waals surface area contributed by atoms with Crippen molar-refractivity contribution < 1.29 is 9.21 Å². The predicted octanol–water partition coefficient (Wildman–Crippen LogP) is 3.55. The third kappa shape index (κ3) is 4.23. The van der Waals surface area contributed by atoms with E-state index in [4.69, 9.17) is 4.42 Å². The minimum Gasteiger partial charge on any atom is -0.421 e. The largest absolute Gasteiger partial charge is 0.421 e. The van der Waals surface area contributed by atoms with Gasteiger partial charge in [-0.15, -0.1) is 10.2 Å². The van der Waals surface area contributed by atoms with Crippen molar-refractivity contribution in [3.63, 3.8) is 0 Å². The maximum absolute atomic E-state index is 12.0. The Hall–Kier alpha value is -3.16. The Morgan fingerprint density at radius 3 is 2.56 bits per heavy atom. The lowest BCUT2D eigenvalue weighted by atomic mass is 10.2. The zero-order valence-electron chi connectivity index (χ0n) is 14.2. The van der Waals surface area contributed by atoms with Crippen molar-refractivity contribution in [2.24, 2.45) is 0 Å². The van der Waals surface area contributed by atoms with Crippen molar-refractivity contribution in [1.29, 1.82) is 0 Å². The van der Waals surface area contributed by atoms with Crippen LogP contribution in [0, 0.1) is 0 Å². The molecule has 0 aliphatic carbocycles. The highest BCUT2D eigenvalue weighted by Crippen LogP contribution is 2.20. The van der Waals surface area contributed by atoms with Crippen LogP contribution in [0.25, 0.3) is 11.5 Å². The average Bonchev–Trinajstić information content (AvgIpc) is 3.25. The van der Waals surface area contributed by atoms with Crippen molar-refractivity contribution >= 4 is 17.4 Å². The molecule has 130 valence electrons. The fourth-order valence-corrected chi connectivity index (χ4v) is 2.28. The van der Waals surface area contributed by atoms with Gasteiger partial charge in [-0.25, -0.2) is 4.79 Å². The Morgan fingerprint density at radius 1 is 1.12 bits per heavy atom. The summed E-state index contributed by atoms with van der Waals surface area (Å²) in [6.45, 7) is 4.84. The van der Waals surface area contributed by atoms with Crippen LogP contribution in [0.15, 0.2) is 41.1 Å². The van der Waals surface area contributed by atoms with Crippen LogP contribution in [0.3, 0.4) is 0 Å². The highest BCUT2D eigenvalue weighted by molar-refractivity contribution is 5.99.